The van der Waals surface area contributed by atoms with E-state index in [1.165, 1.54) is 61.6 Å². The van der Waals surface area contributed by atoms with Gasteiger partial charge in [-0.25, -0.2) is 12.8 Å². The fourth-order valence-electron chi connectivity index (χ4n) is 5.13. The minimum atomic E-state index is -4.34. The number of aryl methyl sites for hydroxylation is 1. The molecule has 4 aromatic carbocycles. The van der Waals surface area contributed by atoms with Crippen molar-refractivity contribution in [1.29, 1.82) is 0 Å². The number of nitrogens with zero attached hydrogens (tertiary/aromatic N) is 2. The van der Waals surface area contributed by atoms with Gasteiger partial charge in [0.2, 0.25) is 11.8 Å². The second-order valence-electron chi connectivity index (χ2n) is 11.8. The Balaban J connectivity index is 1.85. The van der Waals surface area contributed by atoms with Crippen LogP contribution in [0, 0.1) is 18.7 Å². The number of rotatable bonds is 15. The lowest BCUT2D eigenvalue weighted by atomic mass is 10.0. The van der Waals surface area contributed by atoms with E-state index in [-0.39, 0.29) is 40.8 Å². The summed E-state index contributed by atoms with van der Waals surface area (Å²) < 4.78 is 55.5. The van der Waals surface area contributed by atoms with Crippen molar-refractivity contribution in [2.45, 2.75) is 44.7 Å². The summed E-state index contributed by atoms with van der Waals surface area (Å²) in [5.74, 6) is -0.945. The van der Waals surface area contributed by atoms with Crippen molar-refractivity contribution in [3.63, 3.8) is 0 Å². The molecular formula is C37H42FN3O6S. The molecule has 11 heteroatoms. The van der Waals surface area contributed by atoms with Crippen LogP contribution < -0.4 is 19.1 Å². The van der Waals surface area contributed by atoms with Gasteiger partial charge >= 0.3 is 0 Å². The van der Waals surface area contributed by atoms with Crippen LogP contribution in [0.25, 0.3) is 0 Å². The average Bonchev–Trinajstić information content (AvgIpc) is 3.08. The van der Waals surface area contributed by atoms with Crippen LogP contribution in [0.1, 0.15) is 30.5 Å². The van der Waals surface area contributed by atoms with Gasteiger partial charge in [0.1, 0.15) is 18.4 Å². The third kappa shape index (κ3) is 8.92. The summed E-state index contributed by atoms with van der Waals surface area (Å²) in [5.41, 5.74) is 1.95. The highest BCUT2D eigenvalue weighted by Crippen LogP contribution is 2.34. The number of benzene rings is 4. The molecule has 0 aliphatic carbocycles. The topological polar surface area (TPSA) is 105 Å². The Morgan fingerprint density at radius 1 is 0.854 bits per heavy atom. The number of methoxy groups -OCH3 is 2. The molecule has 0 saturated heterocycles. The summed E-state index contributed by atoms with van der Waals surface area (Å²) in [4.78, 5) is 29.7. The van der Waals surface area contributed by atoms with Crippen molar-refractivity contribution in [2.24, 2.45) is 5.92 Å². The first-order valence-corrected chi connectivity index (χ1v) is 17.0. The van der Waals surface area contributed by atoms with Crippen molar-refractivity contribution in [3.8, 4) is 11.5 Å². The fourth-order valence-corrected chi connectivity index (χ4v) is 6.54. The first kappa shape index (κ1) is 35.9. The highest BCUT2D eigenvalue weighted by Gasteiger charge is 2.35. The molecule has 1 N–H and O–H groups in total. The summed E-state index contributed by atoms with van der Waals surface area (Å²) >= 11 is 0. The van der Waals surface area contributed by atoms with E-state index in [1.54, 1.807) is 24.3 Å². The van der Waals surface area contributed by atoms with Gasteiger partial charge in [-0.3, -0.25) is 13.9 Å². The van der Waals surface area contributed by atoms with Gasteiger partial charge in [0.15, 0.2) is 11.5 Å². The SMILES string of the molecule is COc1ccc(N(CC(=O)N(Cc2ccccc2F)[C@H](Cc2ccccc2)C(=O)NCC(C)C)S(=O)(=O)c2ccc(C)cc2)cc1OC. The number of carbonyl (C=O) groups is 2. The van der Waals surface area contributed by atoms with E-state index in [1.807, 2.05) is 51.1 Å². The Hall–Kier alpha value is -4.90. The lowest BCUT2D eigenvalue weighted by Gasteiger charge is -2.34. The molecule has 254 valence electrons. The molecule has 0 heterocycles. The normalized spacial score (nSPS) is 11.9. The lowest BCUT2D eigenvalue weighted by molar-refractivity contribution is -0.140. The molecule has 4 rings (SSSR count). The van der Waals surface area contributed by atoms with Crippen LogP contribution in [-0.4, -0.2) is 58.5 Å². The molecule has 0 radical (unpaired) electrons. The molecule has 2 amide bonds. The minimum Gasteiger partial charge on any atom is -0.493 e. The smallest absolute Gasteiger partial charge is 0.264 e. The Morgan fingerprint density at radius 3 is 2.12 bits per heavy atom. The maximum atomic E-state index is 15.1. The number of hydrogen-bond donors (Lipinski definition) is 1. The number of amides is 2. The van der Waals surface area contributed by atoms with Crippen molar-refractivity contribution >= 4 is 27.5 Å². The van der Waals surface area contributed by atoms with Gasteiger partial charge in [0, 0.05) is 31.1 Å². The van der Waals surface area contributed by atoms with E-state index in [2.05, 4.69) is 5.32 Å². The molecule has 9 nitrogen and oxygen atoms in total. The highest BCUT2D eigenvalue weighted by molar-refractivity contribution is 7.92. The maximum Gasteiger partial charge on any atom is 0.264 e. The number of anilines is 1. The van der Waals surface area contributed by atoms with Crippen molar-refractivity contribution in [3.05, 3.63) is 120 Å². The second kappa shape index (κ2) is 16.3. The number of sulfonamides is 1. The average molecular weight is 676 g/mol. The summed E-state index contributed by atoms with van der Waals surface area (Å²) in [6, 6.07) is 24.9. The number of hydrogen-bond acceptors (Lipinski definition) is 6. The third-order valence-corrected chi connectivity index (χ3v) is 9.59. The summed E-state index contributed by atoms with van der Waals surface area (Å²) in [7, 11) is -1.46. The van der Waals surface area contributed by atoms with Gasteiger partial charge in [-0.1, -0.05) is 80.1 Å². The van der Waals surface area contributed by atoms with E-state index in [4.69, 9.17) is 9.47 Å². The van der Waals surface area contributed by atoms with Gasteiger partial charge in [0.25, 0.3) is 10.0 Å². The first-order valence-electron chi connectivity index (χ1n) is 15.6. The van der Waals surface area contributed by atoms with Crippen LogP contribution in [0.2, 0.25) is 0 Å². The van der Waals surface area contributed by atoms with Crippen LogP contribution in [0.5, 0.6) is 11.5 Å². The molecule has 4 aromatic rings. The molecule has 0 saturated carbocycles. The Labute approximate surface area is 282 Å². The minimum absolute atomic E-state index is 0.0353. The number of ether oxygens (including phenoxy) is 2. The zero-order valence-corrected chi connectivity index (χ0v) is 28.7. The number of nitrogens with one attached hydrogen (secondary N) is 1. The molecule has 48 heavy (non-hydrogen) atoms. The largest absolute Gasteiger partial charge is 0.493 e. The van der Waals surface area contributed by atoms with Crippen LogP contribution in [0.15, 0.2) is 102 Å². The van der Waals surface area contributed by atoms with Gasteiger partial charge in [0.05, 0.1) is 24.8 Å². The van der Waals surface area contributed by atoms with E-state index in [0.717, 1.165) is 15.4 Å². The Morgan fingerprint density at radius 2 is 1.50 bits per heavy atom. The quantitative estimate of drug-likeness (QED) is 0.172. The molecule has 0 bridgehead atoms. The Bertz CT molecular complexity index is 1800. The second-order valence-corrected chi connectivity index (χ2v) is 13.7. The maximum absolute atomic E-state index is 15.1. The Kier molecular flexibility index (Phi) is 12.2. The third-order valence-electron chi connectivity index (χ3n) is 7.80. The van der Waals surface area contributed by atoms with Gasteiger partial charge in [-0.15, -0.1) is 0 Å². The molecule has 0 unspecified atom stereocenters. The summed E-state index contributed by atoms with van der Waals surface area (Å²) in [5, 5.41) is 2.92. The number of halogens is 1. The van der Waals surface area contributed by atoms with E-state index in [9.17, 15) is 18.0 Å². The van der Waals surface area contributed by atoms with Crippen LogP contribution >= 0.6 is 0 Å². The van der Waals surface area contributed by atoms with Crippen LogP contribution in [-0.2, 0) is 32.6 Å². The van der Waals surface area contributed by atoms with Gasteiger partial charge < -0.3 is 19.7 Å². The van der Waals surface area contributed by atoms with Crippen molar-refractivity contribution in [2.75, 3.05) is 31.6 Å². The van der Waals surface area contributed by atoms with Crippen LogP contribution in [0.4, 0.5) is 10.1 Å². The monoisotopic (exact) mass is 675 g/mol. The van der Waals surface area contributed by atoms with E-state index in [0.29, 0.717) is 12.3 Å². The van der Waals surface area contributed by atoms with E-state index >= 15 is 4.39 Å². The van der Waals surface area contributed by atoms with E-state index < -0.39 is 40.2 Å². The van der Waals surface area contributed by atoms with Gasteiger partial charge in [-0.05, 0) is 48.7 Å². The molecule has 0 aromatic heterocycles. The fraction of sp³-hybridized carbons (Fsp3) is 0.297. The molecule has 0 aliphatic rings. The molecule has 0 aliphatic heterocycles. The van der Waals surface area contributed by atoms with Crippen LogP contribution in [0.3, 0.4) is 0 Å². The summed E-state index contributed by atoms with van der Waals surface area (Å²) in [6.07, 6.45) is 0.117. The zero-order valence-electron chi connectivity index (χ0n) is 27.9. The molecule has 0 spiro atoms. The molecule has 1 atom stereocenters. The summed E-state index contributed by atoms with van der Waals surface area (Å²) in [6.45, 7) is 5.12. The van der Waals surface area contributed by atoms with Gasteiger partial charge in [-0.2, -0.15) is 0 Å². The molecular weight excluding hydrogens is 633 g/mol. The predicted octanol–water partition coefficient (Wildman–Crippen LogP) is 5.76. The standard InChI is InChI=1S/C37H42FN3O6S/c1-26(2)23-39-37(43)33(21-28-11-7-6-8-12-28)40(24-29-13-9-10-14-32(29)38)36(42)25-41(30-17-20-34(46-4)35(22-30)47-5)48(44,45)31-18-15-27(3)16-19-31/h6-20,22,26,33H,21,23-25H2,1-5H3,(H,39,43)/t33-/m1/s1. The molecule has 0 fully saturated rings. The first-order chi connectivity index (χ1) is 22.9. The predicted molar refractivity (Wildman–Crippen MR) is 184 cm³/mol. The lowest BCUT2D eigenvalue weighted by Crippen LogP contribution is -2.53. The zero-order chi connectivity index (χ0) is 34.8. The van der Waals surface area contributed by atoms with Crippen molar-refractivity contribution in [1.82, 2.24) is 10.2 Å². The highest BCUT2D eigenvalue weighted by atomic mass is 32.2. The number of carbonyl (C=O) groups excluding carboxylic acids is 2. The van der Waals surface area contributed by atoms with Crippen molar-refractivity contribution < 1.29 is 31.9 Å².